The van der Waals surface area contributed by atoms with Gasteiger partial charge >= 0.3 is 0 Å². The molecule has 1 aromatic carbocycles. The lowest BCUT2D eigenvalue weighted by Crippen LogP contribution is -2.18. The van der Waals surface area contributed by atoms with Crippen molar-refractivity contribution in [2.75, 3.05) is 13.2 Å². The lowest BCUT2D eigenvalue weighted by Gasteiger charge is -2.17. The summed E-state index contributed by atoms with van der Waals surface area (Å²) in [5.41, 5.74) is 2.37. The summed E-state index contributed by atoms with van der Waals surface area (Å²) in [6, 6.07) is 10.3. The van der Waals surface area contributed by atoms with Gasteiger partial charge in [-0.05, 0) is 31.4 Å². The predicted octanol–water partition coefficient (Wildman–Crippen LogP) is 3.49. The molecular formula is C15H20O2. The molecule has 0 bridgehead atoms. The van der Waals surface area contributed by atoms with E-state index >= 15 is 0 Å². The molecule has 1 saturated heterocycles. The molecule has 1 aliphatic rings. The molecule has 2 nitrogen and oxygen atoms in total. The fourth-order valence-corrected chi connectivity index (χ4v) is 2.01. The van der Waals surface area contributed by atoms with Crippen LogP contribution >= 0.6 is 0 Å². The smallest absolute Gasteiger partial charge is 0.100 e. The van der Waals surface area contributed by atoms with Gasteiger partial charge in [0.15, 0.2) is 0 Å². The Balaban J connectivity index is 1.91. The molecule has 1 aromatic rings. The van der Waals surface area contributed by atoms with E-state index in [0.29, 0.717) is 5.92 Å². The summed E-state index contributed by atoms with van der Waals surface area (Å²) < 4.78 is 11.2. The molecule has 2 heteroatoms. The van der Waals surface area contributed by atoms with Crippen LogP contribution < -0.4 is 0 Å². The Bertz CT molecular complexity index is 364. The molecular weight excluding hydrogens is 212 g/mol. The van der Waals surface area contributed by atoms with Gasteiger partial charge in [0.2, 0.25) is 0 Å². The average Bonchev–Trinajstić information content (AvgIpc) is 2.90. The molecule has 92 valence electrons. The maximum atomic E-state index is 5.80. The summed E-state index contributed by atoms with van der Waals surface area (Å²) in [7, 11) is 0. The molecule has 0 amide bonds. The summed E-state index contributed by atoms with van der Waals surface area (Å²) in [6.45, 7) is 5.90. The van der Waals surface area contributed by atoms with E-state index in [0.717, 1.165) is 25.2 Å². The van der Waals surface area contributed by atoms with Gasteiger partial charge in [-0.1, -0.05) is 30.3 Å². The Morgan fingerprint density at radius 2 is 2.18 bits per heavy atom. The Morgan fingerprint density at radius 1 is 1.41 bits per heavy atom. The summed E-state index contributed by atoms with van der Waals surface area (Å²) in [6.07, 6.45) is 3.22. The van der Waals surface area contributed by atoms with Gasteiger partial charge in [-0.15, -0.1) is 0 Å². The number of benzene rings is 1. The van der Waals surface area contributed by atoms with Gasteiger partial charge in [-0.3, -0.25) is 0 Å². The first-order chi connectivity index (χ1) is 8.27. The van der Waals surface area contributed by atoms with Crippen molar-refractivity contribution >= 4 is 5.57 Å². The first kappa shape index (κ1) is 12.2. The Kier molecular flexibility index (Phi) is 4.21. The number of allylic oxidation sites excluding steroid dienone is 1. The molecule has 0 saturated carbocycles. The van der Waals surface area contributed by atoms with Gasteiger partial charge in [-0.25, -0.2) is 0 Å². The quantitative estimate of drug-likeness (QED) is 0.740. The normalized spacial score (nSPS) is 22.5. The first-order valence-electron chi connectivity index (χ1n) is 6.23. The second-order valence-electron chi connectivity index (χ2n) is 4.63. The zero-order valence-electron chi connectivity index (χ0n) is 10.6. The van der Waals surface area contributed by atoms with Crippen LogP contribution in [0.15, 0.2) is 36.6 Å². The molecule has 2 atom stereocenters. The number of hydrogen-bond donors (Lipinski definition) is 0. The van der Waals surface area contributed by atoms with Gasteiger partial charge in [-0.2, -0.15) is 0 Å². The highest BCUT2D eigenvalue weighted by Gasteiger charge is 2.22. The second-order valence-corrected chi connectivity index (χ2v) is 4.63. The van der Waals surface area contributed by atoms with Crippen LogP contribution in [0.2, 0.25) is 0 Å². The van der Waals surface area contributed by atoms with E-state index in [9.17, 15) is 0 Å². The molecule has 0 N–H and O–H groups in total. The van der Waals surface area contributed by atoms with Crippen LogP contribution in [0.1, 0.15) is 25.8 Å². The standard InChI is InChI=1S/C15H20O2/c1-12(14-6-4-3-5-7-14)10-17-13(2)15-8-9-16-11-15/h3-7,10,13,15H,8-9,11H2,1-2H3/b12-10-. The zero-order chi connectivity index (χ0) is 12.1. The van der Waals surface area contributed by atoms with Gasteiger partial charge in [0.25, 0.3) is 0 Å². The number of hydrogen-bond acceptors (Lipinski definition) is 2. The topological polar surface area (TPSA) is 18.5 Å². The highest BCUT2D eigenvalue weighted by atomic mass is 16.5. The molecule has 1 aliphatic heterocycles. The van der Waals surface area contributed by atoms with Crippen molar-refractivity contribution in [3.63, 3.8) is 0 Å². The van der Waals surface area contributed by atoms with Crippen molar-refractivity contribution in [2.45, 2.75) is 26.4 Å². The summed E-state index contributed by atoms with van der Waals surface area (Å²) >= 11 is 0. The fourth-order valence-electron chi connectivity index (χ4n) is 2.01. The van der Waals surface area contributed by atoms with E-state index in [2.05, 4.69) is 26.0 Å². The third kappa shape index (κ3) is 3.34. The van der Waals surface area contributed by atoms with Crippen molar-refractivity contribution in [3.05, 3.63) is 42.2 Å². The molecule has 0 radical (unpaired) electrons. The molecule has 2 unspecified atom stereocenters. The van der Waals surface area contributed by atoms with Crippen molar-refractivity contribution < 1.29 is 9.47 Å². The Hall–Kier alpha value is -1.28. The number of ether oxygens (including phenoxy) is 2. The van der Waals surface area contributed by atoms with Gasteiger partial charge < -0.3 is 9.47 Å². The third-order valence-corrected chi connectivity index (χ3v) is 3.32. The predicted molar refractivity (Wildman–Crippen MR) is 69.6 cm³/mol. The molecule has 0 aromatic heterocycles. The van der Waals surface area contributed by atoms with Crippen LogP contribution in [0, 0.1) is 5.92 Å². The highest BCUT2D eigenvalue weighted by Crippen LogP contribution is 2.20. The molecule has 2 rings (SSSR count). The highest BCUT2D eigenvalue weighted by molar-refractivity contribution is 5.62. The van der Waals surface area contributed by atoms with Crippen LogP contribution in [-0.2, 0) is 9.47 Å². The van der Waals surface area contributed by atoms with Crippen LogP contribution in [0.25, 0.3) is 5.57 Å². The molecule has 0 aliphatic carbocycles. The summed E-state index contributed by atoms with van der Waals surface area (Å²) in [5, 5.41) is 0. The van der Waals surface area contributed by atoms with E-state index in [4.69, 9.17) is 9.47 Å². The SMILES string of the molecule is C/C(=C/OC(C)C1CCOC1)c1ccccc1. The van der Waals surface area contributed by atoms with Crippen LogP contribution in [0.3, 0.4) is 0 Å². The Labute approximate surface area is 103 Å². The van der Waals surface area contributed by atoms with Crippen LogP contribution in [0.4, 0.5) is 0 Å². The first-order valence-corrected chi connectivity index (χ1v) is 6.23. The zero-order valence-corrected chi connectivity index (χ0v) is 10.6. The monoisotopic (exact) mass is 232 g/mol. The van der Waals surface area contributed by atoms with Crippen molar-refractivity contribution in [1.82, 2.24) is 0 Å². The minimum absolute atomic E-state index is 0.233. The van der Waals surface area contributed by atoms with E-state index in [1.54, 1.807) is 0 Å². The van der Waals surface area contributed by atoms with Crippen LogP contribution in [-0.4, -0.2) is 19.3 Å². The summed E-state index contributed by atoms with van der Waals surface area (Å²) in [4.78, 5) is 0. The lowest BCUT2D eigenvalue weighted by atomic mass is 10.0. The van der Waals surface area contributed by atoms with Crippen molar-refractivity contribution in [3.8, 4) is 0 Å². The average molecular weight is 232 g/mol. The minimum Gasteiger partial charge on any atom is -0.498 e. The minimum atomic E-state index is 0.233. The third-order valence-electron chi connectivity index (χ3n) is 3.32. The summed E-state index contributed by atoms with van der Waals surface area (Å²) in [5.74, 6) is 0.537. The van der Waals surface area contributed by atoms with Gasteiger partial charge in [0, 0.05) is 12.5 Å². The molecule has 0 spiro atoms. The van der Waals surface area contributed by atoms with E-state index in [1.807, 2.05) is 24.5 Å². The largest absolute Gasteiger partial charge is 0.498 e. The molecule has 1 fully saturated rings. The van der Waals surface area contributed by atoms with Crippen molar-refractivity contribution in [2.24, 2.45) is 5.92 Å². The van der Waals surface area contributed by atoms with E-state index < -0.39 is 0 Å². The number of rotatable bonds is 4. The maximum absolute atomic E-state index is 5.80. The lowest BCUT2D eigenvalue weighted by molar-refractivity contribution is 0.0888. The second kappa shape index (κ2) is 5.87. The van der Waals surface area contributed by atoms with Crippen LogP contribution in [0.5, 0.6) is 0 Å². The molecule has 1 heterocycles. The van der Waals surface area contributed by atoms with Gasteiger partial charge in [0.05, 0.1) is 12.9 Å². The Morgan fingerprint density at radius 3 is 2.82 bits per heavy atom. The van der Waals surface area contributed by atoms with E-state index in [-0.39, 0.29) is 6.10 Å². The van der Waals surface area contributed by atoms with Gasteiger partial charge in [0.1, 0.15) is 6.10 Å². The fraction of sp³-hybridized carbons (Fsp3) is 0.467. The maximum Gasteiger partial charge on any atom is 0.100 e. The molecule has 17 heavy (non-hydrogen) atoms. The van der Waals surface area contributed by atoms with Crippen molar-refractivity contribution in [1.29, 1.82) is 0 Å². The van der Waals surface area contributed by atoms with E-state index in [1.165, 1.54) is 5.56 Å².